The molecule has 4 rings (SSSR count). The lowest BCUT2D eigenvalue weighted by molar-refractivity contribution is -0.117. The van der Waals surface area contributed by atoms with Crippen molar-refractivity contribution in [3.05, 3.63) is 93.9 Å². The molecular weight excluding hydrogens is 408 g/mol. The number of carbonyl (C=O) groups is 1. The Labute approximate surface area is 194 Å². The van der Waals surface area contributed by atoms with Gasteiger partial charge in [-0.25, -0.2) is 0 Å². The van der Waals surface area contributed by atoms with Gasteiger partial charge in [0.05, 0.1) is 0 Å². The first-order valence-electron chi connectivity index (χ1n) is 11.1. The number of carbonyl (C=O) groups excluding carboxylic acids is 1. The van der Waals surface area contributed by atoms with Crippen LogP contribution in [0.4, 0.5) is 0 Å². The molecule has 0 aliphatic carbocycles. The molecule has 33 heavy (non-hydrogen) atoms. The van der Waals surface area contributed by atoms with Gasteiger partial charge in [-0.15, -0.1) is 0 Å². The van der Waals surface area contributed by atoms with Gasteiger partial charge in [0.25, 0.3) is 5.91 Å². The van der Waals surface area contributed by atoms with Crippen molar-refractivity contribution in [1.82, 2.24) is 14.9 Å². The first-order valence-corrected chi connectivity index (χ1v) is 11.1. The standard InChI is InChI=1S/C28H28N4O/c1-18-11-19(2)13-25(12-18)32-20(3)14-23(21(32)4)15-24(16-29)28(33)30-10-9-22-17-31-27-8-6-5-7-26(22)27/h5-8,11-15,17,31H,9-10H2,1-4H3,(H,30,33)/b24-15+. The molecule has 0 saturated heterocycles. The van der Waals surface area contributed by atoms with Crippen LogP contribution in [0.2, 0.25) is 0 Å². The zero-order chi connectivity index (χ0) is 23.5. The van der Waals surface area contributed by atoms with Gasteiger partial charge < -0.3 is 14.9 Å². The van der Waals surface area contributed by atoms with E-state index >= 15 is 0 Å². The van der Waals surface area contributed by atoms with Crippen LogP contribution in [0.25, 0.3) is 22.7 Å². The number of nitrogens with zero attached hydrogens (tertiary/aromatic N) is 2. The lowest BCUT2D eigenvalue weighted by Gasteiger charge is -2.12. The quantitative estimate of drug-likeness (QED) is 0.311. The van der Waals surface area contributed by atoms with E-state index in [0.717, 1.165) is 39.1 Å². The molecule has 166 valence electrons. The highest BCUT2D eigenvalue weighted by Crippen LogP contribution is 2.24. The Bertz CT molecular complexity index is 1390. The summed E-state index contributed by atoms with van der Waals surface area (Å²) in [6.45, 7) is 8.68. The molecule has 1 amide bonds. The van der Waals surface area contributed by atoms with E-state index in [1.54, 1.807) is 6.08 Å². The number of aromatic amines is 1. The van der Waals surface area contributed by atoms with Crippen molar-refractivity contribution in [2.24, 2.45) is 0 Å². The van der Waals surface area contributed by atoms with Crippen LogP contribution in [0.3, 0.4) is 0 Å². The summed E-state index contributed by atoms with van der Waals surface area (Å²) in [5.74, 6) is -0.353. The van der Waals surface area contributed by atoms with Gasteiger partial charge in [-0.1, -0.05) is 24.3 Å². The van der Waals surface area contributed by atoms with E-state index in [0.29, 0.717) is 13.0 Å². The molecule has 4 aromatic rings. The lowest BCUT2D eigenvalue weighted by Crippen LogP contribution is -2.26. The molecule has 5 nitrogen and oxygen atoms in total. The number of rotatable bonds is 6. The number of nitrogens with one attached hydrogen (secondary N) is 2. The van der Waals surface area contributed by atoms with Crippen LogP contribution in [-0.4, -0.2) is 22.0 Å². The van der Waals surface area contributed by atoms with E-state index in [2.05, 4.69) is 59.1 Å². The molecule has 2 aromatic heterocycles. The van der Waals surface area contributed by atoms with Crippen molar-refractivity contribution in [2.45, 2.75) is 34.1 Å². The van der Waals surface area contributed by atoms with Crippen molar-refractivity contribution in [3.8, 4) is 11.8 Å². The second kappa shape index (κ2) is 9.22. The van der Waals surface area contributed by atoms with Gasteiger partial charge in [-0.3, -0.25) is 4.79 Å². The number of hydrogen-bond donors (Lipinski definition) is 2. The molecule has 0 saturated carbocycles. The van der Waals surface area contributed by atoms with Gasteiger partial charge >= 0.3 is 0 Å². The summed E-state index contributed by atoms with van der Waals surface area (Å²) in [6.07, 6.45) is 4.35. The molecule has 2 aromatic carbocycles. The first-order chi connectivity index (χ1) is 15.9. The number of para-hydroxylation sites is 1. The van der Waals surface area contributed by atoms with Gasteiger partial charge in [-0.2, -0.15) is 5.26 Å². The summed E-state index contributed by atoms with van der Waals surface area (Å²) in [4.78, 5) is 16.0. The van der Waals surface area contributed by atoms with Crippen LogP contribution in [0.5, 0.6) is 0 Å². The third-order valence-electron chi connectivity index (χ3n) is 5.95. The SMILES string of the molecule is Cc1cc(C)cc(-n2c(C)cc(/C=C(\C#N)C(=O)NCCc3c[nH]c4ccccc34)c2C)c1. The van der Waals surface area contributed by atoms with Crippen LogP contribution in [0.15, 0.2) is 60.3 Å². The Balaban J connectivity index is 1.51. The van der Waals surface area contributed by atoms with Crippen molar-refractivity contribution in [2.75, 3.05) is 6.54 Å². The molecule has 0 atom stereocenters. The summed E-state index contributed by atoms with van der Waals surface area (Å²) in [7, 11) is 0. The van der Waals surface area contributed by atoms with Crippen LogP contribution in [0, 0.1) is 39.0 Å². The Kier molecular flexibility index (Phi) is 6.19. The summed E-state index contributed by atoms with van der Waals surface area (Å²) < 4.78 is 2.16. The minimum absolute atomic E-state index is 0.106. The molecule has 0 unspecified atom stereocenters. The second-order valence-electron chi connectivity index (χ2n) is 8.54. The van der Waals surface area contributed by atoms with Gasteiger partial charge in [-0.05, 0) is 86.7 Å². The number of amides is 1. The monoisotopic (exact) mass is 436 g/mol. The smallest absolute Gasteiger partial charge is 0.261 e. The minimum Gasteiger partial charge on any atom is -0.361 e. The number of aryl methyl sites for hydroxylation is 3. The van der Waals surface area contributed by atoms with E-state index in [1.807, 2.05) is 44.3 Å². The zero-order valence-corrected chi connectivity index (χ0v) is 19.5. The maximum atomic E-state index is 12.7. The molecule has 0 spiro atoms. The molecule has 5 heteroatoms. The fourth-order valence-corrected chi connectivity index (χ4v) is 4.46. The highest BCUT2D eigenvalue weighted by molar-refractivity contribution is 6.01. The first kappa shape index (κ1) is 22.2. The third-order valence-corrected chi connectivity index (χ3v) is 5.95. The van der Waals surface area contributed by atoms with Crippen molar-refractivity contribution < 1.29 is 4.79 Å². The molecule has 2 N–H and O–H groups in total. The van der Waals surface area contributed by atoms with Crippen LogP contribution in [0.1, 0.15) is 33.6 Å². The number of H-pyrrole nitrogens is 1. The van der Waals surface area contributed by atoms with E-state index < -0.39 is 0 Å². The fraction of sp³-hybridized carbons (Fsp3) is 0.214. The number of nitriles is 1. The average Bonchev–Trinajstić information content (AvgIpc) is 3.31. The Hall–Kier alpha value is -4.04. The second-order valence-corrected chi connectivity index (χ2v) is 8.54. The van der Waals surface area contributed by atoms with Gasteiger partial charge in [0.1, 0.15) is 11.6 Å². The van der Waals surface area contributed by atoms with E-state index in [-0.39, 0.29) is 11.5 Å². The van der Waals surface area contributed by atoms with Gasteiger partial charge in [0.15, 0.2) is 0 Å². The zero-order valence-electron chi connectivity index (χ0n) is 19.5. The highest BCUT2D eigenvalue weighted by atomic mass is 16.1. The third kappa shape index (κ3) is 4.61. The molecule has 0 fully saturated rings. The molecule has 2 heterocycles. The van der Waals surface area contributed by atoms with Gasteiger partial charge in [0, 0.05) is 40.7 Å². The normalized spacial score (nSPS) is 11.5. The van der Waals surface area contributed by atoms with E-state index in [1.165, 1.54) is 11.1 Å². The molecule has 0 radical (unpaired) electrons. The number of aromatic nitrogens is 2. The Morgan fingerprint density at radius 2 is 1.82 bits per heavy atom. The summed E-state index contributed by atoms with van der Waals surface area (Å²) in [5, 5.41) is 13.7. The molecule has 0 aliphatic heterocycles. The molecule has 0 bridgehead atoms. The summed E-state index contributed by atoms with van der Waals surface area (Å²) in [6, 6.07) is 18.6. The predicted octanol–water partition coefficient (Wildman–Crippen LogP) is 5.46. The van der Waals surface area contributed by atoms with E-state index in [9.17, 15) is 10.1 Å². The van der Waals surface area contributed by atoms with Crippen LogP contribution >= 0.6 is 0 Å². The molecular formula is C28H28N4O. The predicted molar refractivity (Wildman–Crippen MR) is 133 cm³/mol. The largest absolute Gasteiger partial charge is 0.361 e. The van der Waals surface area contributed by atoms with E-state index in [4.69, 9.17) is 0 Å². The fourth-order valence-electron chi connectivity index (χ4n) is 4.46. The molecule has 0 aliphatic rings. The van der Waals surface area contributed by atoms with Crippen molar-refractivity contribution >= 4 is 22.9 Å². The van der Waals surface area contributed by atoms with Crippen molar-refractivity contribution in [1.29, 1.82) is 5.26 Å². The number of hydrogen-bond acceptors (Lipinski definition) is 2. The minimum atomic E-state index is -0.353. The van der Waals surface area contributed by atoms with Crippen LogP contribution < -0.4 is 5.32 Å². The average molecular weight is 437 g/mol. The maximum absolute atomic E-state index is 12.7. The number of fused-ring (bicyclic) bond motifs is 1. The highest BCUT2D eigenvalue weighted by Gasteiger charge is 2.14. The van der Waals surface area contributed by atoms with Gasteiger partial charge in [0.2, 0.25) is 0 Å². The summed E-state index contributed by atoms with van der Waals surface area (Å²) >= 11 is 0. The summed E-state index contributed by atoms with van der Waals surface area (Å²) in [5.41, 5.74) is 8.73. The van der Waals surface area contributed by atoms with Crippen LogP contribution in [-0.2, 0) is 11.2 Å². The van der Waals surface area contributed by atoms with Crippen molar-refractivity contribution in [3.63, 3.8) is 0 Å². The lowest BCUT2D eigenvalue weighted by atomic mass is 10.1. The number of benzene rings is 2. The topological polar surface area (TPSA) is 73.6 Å². The Morgan fingerprint density at radius 3 is 2.55 bits per heavy atom. The maximum Gasteiger partial charge on any atom is 0.261 e. The Morgan fingerprint density at radius 1 is 1.09 bits per heavy atom.